The van der Waals surface area contributed by atoms with Crippen molar-refractivity contribution in [2.24, 2.45) is 0 Å². The molecule has 0 radical (unpaired) electrons. The van der Waals surface area contributed by atoms with Crippen LogP contribution in [-0.4, -0.2) is 15.0 Å². The predicted molar refractivity (Wildman–Crippen MR) is 96.3 cm³/mol. The van der Waals surface area contributed by atoms with E-state index >= 15 is 0 Å². The summed E-state index contributed by atoms with van der Waals surface area (Å²) < 4.78 is 14.7. The van der Waals surface area contributed by atoms with Gasteiger partial charge in [0.2, 0.25) is 0 Å². The molecule has 1 saturated carbocycles. The fourth-order valence-corrected chi connectivity index (χ4v) is 3.55. The standard InChI is InChI=1S/C20H19FN4/c21-17-10-14(7-8-16(17)18-11-25-19(22)12-24-18)15-6-3-9-23-20(15)13-4-1-2-5-13/h3,6-13H,1-2,4-5H2,(H2,22,25). The van der Waals surface area contributed by atoms with Gasteiger partial charge in [0.25, 0.3) is 0 Å². The molecule has 5 heteroatoms. The van der Waals surface area contributed by atoms with Crippen LogP contribution in [0.4, 0.5) is 10.2 Å². The van der Waals surface area contributed by atoms with Crippen molar-refractivity contribution in [1.29, 1.82) is 0 Å². The van der Waals surface area contributed by atoms with Crippen LogP contribution in [-0.2, 0) is 0 Å². The molecular weight excluding hydrogens is 315 g/mol. The van der Waals surface area contributed by atoms with Crippen LogP contribution in [0.3, 0.4) is 0 Å². The zero-order valence-electron chi connectivity index (χ0n) is 13.8. The Bertz CT molecular complexity index is 886. The lowest BCUT2D eigenvalue weighted by Gasteiger charge is -2.14. The van der Waals surface area contributed by atoms with Gasteiger partial charge in [0.1, 0.15) is 11.6 Å². The summed E-state index contributed by atoms with van der Waals surface area (Å²) in [5, 5.41) is 0. The number of anilines is 1. The normalized spacial score (nSPS) is 14.8. The third kappa shape index (κ3) is 3.09. The molecule has 2 aromatic heterocycles. The van der Waals surface area contributed by atoms with Gasteiger partial charge in [-0.05, 0) is 36.6 Å². The van der Waals surface area contributed by atoms with Crippen molar-refractivity contribution >= 4 is 5.82 Å². The third-order valence-electron chi connectivity index (χ3n) is 4.81. The Morgan fingerprint density at radius 2 is 1.80 bits per heavy atom. The van der Waals surface area contributed by atoms with Gasteiger partial charge in [0, 0.05) is 23.2 Å². The Hall–Kier alpha value is -2.82. The molecule has 0 spiro atoms. The molecule has 0 amide bonds. The van der Waals surface area contributed by atoms with E-state index in [-0.39, 0.29) is 5.82 Å². The van der Waals surface area contributed by atoms with Gasteiger partial charge in [-0.3, -0.25) is 9.97 Å². The first kappa shape index (κ1) is 15.7. The molecule has 4 rings (SSSR count). The monoisotopic (exact) mass is 334 g/mol. The highest BCUT2D eigenvalue weighted by Gasteiger charge is 2.22. The van der Waals surface area contributed by atoms with E-state index in [9.17, 15) is 4.39 Å². The van der Waals surface area contributed by atoms with Crippen LogP contribution in [0, 0.1) is 5.82 Å². The van der Waals surface area contributed by atoms with E-state index in [4.69, 9.17) is 5.73 Å². The fraction of sp³-hybridized carbons (Fsp3) is 0.250. The quantitative estimate of drug-likeness (QED) is 0.761. The largest absolute Gasteiger partial charge is 0.382 e. The first-order valence-corrected chi connectivity index (χ1v) is 8.55. The first-order valence-electron chi connectivity index (χ1n) is 8.55. The summed E-state index contributed by atoms with van der Waals surface area (Å²) in [5.74, 6) is 0.469. The molecule has 25 heavy (non-hydrogen) atoms. The molecule has 1 aliphatic rings. The maximum absolute atomic E-state index is 14.7. The minimum absolute atomic E-state index is 0.317. The van der Waals surface area contributed by atoms with Gasteiger partial charge in [-0.15, -0.1) is 0 Å². The number of aromatic nitrogens is 3. The predicted octanol–water partition coefficient (Wildman–Crippen LogP) is 4.58. The molecule has 0 aliphatic heterocycles. The average Bonchev–Trinajstić information content (AvgIpc) is 3.17. The third-order valence-corrected chi connectivity index (χ3v) is 4.81. The summed E-state index contributed by atoms with van der Waals surface area (Å²) in [6, 6.07) is 9.16. The van der Waals surface area contributed by atoms with Gasteiger partial charge in [0.15, 0.2) is 0 Å². The molecule has 1 aromatic carbocycles. The molecule has 2 N–H and O–H groups in total. The second-order valence-corrected chi connectivity index (χ2v) is 6.44. The van der Waals surface area contributed by atoms with Gasteiger partial charge in [-0.1, -0.05) is 25.0 Å². The van der Waals surface area contributed by atoms with Crippen LogP contribution in [0.2, 0.25) is 0 Å². The first-order chi connectivity index (χ1) is 12.2. The van der Waals surface area contributed by atoms with Gasteiger partial charge >= 0.3 is 0 Å². The van der Waals surface area contributed by atoms with Crippen molar-refractivity contribution in [2.45, 2.75) is 31.6 Å². The lowest BCUT2D eigenvalue weighted by Crippen LogP contribution is -2.00. The summed E-state index contributed by atoms with van der Waals surface area (Å²) in [6.07, 6.45) is 9.54. The molecule has 0 unspecified atom stereocenters. The summed E-state index contributed by atoms with van der Waals surface area (Å²) in [5.41, 5.74) is 9.38. The minimum Gasteiger partial charge on any atom is -0.382 e. The topological polar surface area (TPSA) is 64.7 Å². The minimum atomic E-state index is -0.321. The Balaban J connectivity index is 1.73. The van der Waals surface area contributed by atoms with Crippen molar-refractivity contribution in [3.63, 3.8) is 0 Å². The van der Waals surface area contributed by atoms with Crippen LogP contribution < -0.4 is 5.73 Å². The van der Waals surface area contributed by atoms with Crippen LogP contribution in [0.25, 0.3) is 22.4 Å². The van der Waals surface area contributed by atoms with Crippen LogP contribution >= 0.6 is 0 Å². The number of halogens is 1. The molecule has 0 atom stereocenters. The smallest absolute Gasteiger partial charge is 0.141 e. The van der Waals surface area contributed by atoms with Gasteiger partial charge in [-0.2, -0.15) is 0 Å². The van der Waals surface area contributed by atoms with Crippen molar-refractivity contribution in [3.05, 3.63) is 60.4 Å². The van der Waals surface area contributed by atoms with Crippen molar-refractivity contribution < 1.29 is 4.39 Å². The summed E-state index contributed by atoms with van der Waals surface area (Å²) in [4.78, 5) is 12.7. The lowest BCUT2D eigenvalue weighted by atomic mass is 9.93. The van der Waals surface area contributed by atoms with Crippen LogP contribution in [0.15, 0.2) is 48.9 Å². The second-order valence-electron chi connectivity index (χ2n) is 6.44. The Morgan fingerprint density at radius 3 is 2.52 bits per heavy atom. The van der Waals surface area contributed by atoms with Gasteiger partial charge in [0.05, 0.1) is 23.8 Å². The number of hydrogen-bond acceptors (Lipinski definition) is 4. The highest BCUT2D eigenvalue weighted by Crippen LogP contribution is 2.38. The van der Waals surface area contributed by atoms with Crippen LogP contribution in [0.5, 0.6) is 0 Å². The van der Waals surface area contributed by atoms with E-state index < -0.39 is 0 Å². The van der Waals surface area contributed by atoms with Crippen molar-refractivity contribution in [2.75, 3.05) is 5.73 Å². The summed E-state index contributed by atoms with van der Waals surface area (Å²) in [7, 11) is 0. The van der Waals surface area contributed by atoms with E-state index in [0.29, 0.717) is 23.0 Å². The number of hydrogen-bond donors (Lipinski definition) is 1. The highest BCUT2D eigenvalue weighted by molar-refractivity contribution is 5.71. The molecule has 0 bridgehead atoms. The number of nitrogens with two attached hydrogens (primary N) is 1. The molecule has 1 aliphatic carbocycles. The van der Waals surface area contributed by atoms with Gasteiger partial charge in [-0.25, -0.2) is 9.37 Å². The molecule has 2 heterocycles. The van der Waals surface area contributed by atoms with Crippen molar-refractivity contribution in [1.82, 2.24) is 15.0 Å². The summed E-state index contributed by atoms with van der Waals surface area (Å²) >= 11 is 0. The van der Waals surface area contributed by atoms with E-state index in [1.54, 1.807) is 12.1 Å². The molecule has 3 aromatic rings. The molecular formula is C20H19FN4. The number of benzene rings is 1. The lowest BCUT2D eigenvalue weighted by molar-refractivity contribution is 0.631. The SMILES string of the molecule is Nc1cnc(-c2ccc(-c3cccnc3C3CCCC3)cc2F)cn1. The number of pyridine rings is 1. The maximum Gasteiger partial charge on any atom is 0.141 e. The van der Waals surface area contributed by atoms with E-state index in [1.165, 1.54) is 25.2 Å². The molecule has 0 saturated heterocycles. The second kappa shape index (κ2) is 6.59. The Kier molecular flexibility index (Phi) is 4.14. The Labute approximate surface area is 146 Å². The molecule has 1 fully saturated rings. The summed E-state index contributed by atoms with van der Waals surface area (Å²) in [6.45, 7) is 0. The Morgan fingerprint density at radius 1 is 0.960 bits per heavy atom. The zero-order chi connectivity index (χ0) is 17.2. The number of nitrogens with zero attached hydrogens (tertiary/aromatic N) is 3. The van der Waals surface area contributed by atoms with Gasteiger partial charge < -0.3 is 5.73 Å². The maximum atomic E-state index is 14.7. The number of rotatable bonds is 3. The van der Waals surface area contributed by atoms with Crippen molar-refractivity contribution in [3.8, 4) is 22.4 Å². The highest BCUT2D eigenvalue weighted by atomic mass is 19.1. The molecule has 4 nitrogen and oxygen atoms in total. The molecule has 126 valence electrons. The van der Waals surface area contributed by atoms with E-state index in [1.807, 2.05) is 24.4 Å². The fourth-order valence-electron chi connectivity index (χ4n) is 3.55. The van der Waals surface area contributed by atoms with Crippen LogP contribution in [0.1, 0.15) is 37.3 Å². The van der Waals surface area contributed by atoms with E-state index in [2.05, 4.69) is 15.0 Å². The zero-order valence-corrected chi connectivity index (χ0v) is 13.8. The average molecular weight is 334 g/mol. The number of nitrogen functional groups attached to an aromatic ring is 1. The van der Waals surface area contributed by atoms with E-state index in [0.717, 1.165) is 29.7 Å².